The number of nitrogens with one attached hydrogen (secondary N) is 3. The zero-order chi connectivity index (χ0) is 22.8. The van der Waals surface area contributed by atoms with Crippen LogP contribution in [0.1, 0.15) is 29.9 Å². The van der Waals surface area contributed by atoms with Crippen molar-refractivity contribution in [2.24, 2.45) is 0 Å². The maximum absolute atomic E-state index is 12.7. The summed E-state index contributed by atoms with van der Waals surface area (Å²) in [5.41, 5.74) is 4.74. The Hall–Kier alpha value is -3.78. The lowest BCUT2D eigenvalue weighted by atomic mass is 9.87. The lowest BCUT2D eigenvalue weighted by Crippen LogP contribution is -2.26. The molecule has 0 saturated carbocycles. The van der Waals surface area contributed by atoms with Crippen molar-refractivity contribution >= 4 is 22.3 Å². The number of methoxy groups -OCH3 is 1. The summed E-state index contributed by atoms with van der Waals surface area (Å²) in [5, 5.41) is 8.10. The van der Waals surface area contributed by atoms with Crippen molar-refractivity contribution in [3.63, 3.8) is 0 Å². The fourth-order valence-corrected chi connectivity index (χ4v) is 4.49. The quantitative estimate of drug-likeness (QED) is 0.430. The van der Waals surface area contributed by atoms with Crippen LogP contribution < -0.4 is 20.9 Å². The molecule has 168 valence electrons. The zero-order valence-corrected chi connectivity index (χ0v) is 18.7. The Morgan fingerprint density at radius 2 is 1.88 bits per heavy atom. The molecular formula is C25H26N6O2. The van der Waals surface area contributed by atoms with E-state index in [1.54, 1.807) is 18.6 Å². The van der Waals surface area contributed by atoms with Gasteiger partial charge in [-0.05, 0) is 79.6 Å². The van der Waals surface area contributed by atoms with Crippen LogP contribution in [0.4, 0.5) is 11.5 Å². The molecule has 0 spiro atoms. The second-order valence-corrected chi connectivity index (χ2v) is 8.31. The van der Waals surface area contributed by atoms with Crippen molar-refractivity contribution in [1.82, 2.24) is 25.3 Å². The number of aryl methyl sites for hydroxylation is 1. The van der Waals surface area contributed by atoms with Crippen molar-refractivity contribution in [2.45, 2.75) is 25.7 Å². The summed E-state index contributed by atoms with van der Waals surface area (Å²) >= 11 is 0. The highest BCUT2D eigenvalue weighted by molar-refractivity contribution is 5.95. The van der Waals surface area contributed by atoms with Crippen LogP contribution in [0.15, 0.2) is 53.7 Å². The van der Waals surface area contributed by atoms with Gasteiger partial charge in [-0.1, -0.05) is 6.07 Å². The van der Waals surface area contributed by atoms with Gasteiger partial charge in [0.2, 0.25) is 0 Å². The molecule has 0 amide bonds. The van der Waals surface area contributed by atoms with Crippen molar-refractivity contribution < 1.29 is 4.74 Å². The zero-order valence-electron chi connectivity index (χ0n) is 18.7. The molecule has 4 heterocycles. The maximum Gasteiger partial charge on any atom is 0.316 e. The molecule has 1 aliphatic heterocycles. The number of aromatic nitrogens is 4. The first-order chi connectivity index (χ1) is 16.1. The normalized spacial score (nSPS) is 14.4. The number of hydrogen-bond donors (Lipinski definition) is 3. The van der Waals surface area contributed by atoms with E-state index in [0.29, 0.717) is 28.8 Å². The number of fused-ring (bicyclic) bond motifs is 1. The summed E-state index contributed by atoms with van der Waals surface area (Å²) in [7, 11) is 1.52. The highest BCUT2D eigenvalue weighted by Gasteiger charge is 2.18. The van der Waals surface area contributed by atoms with Gasteiger partial charge in [-0.25, -0.2) is 15.0 Å². The Bertz CT molecular complexity index is 1340. The smallest absolute Gasteiger partial charge is 0.316 e. The van der Waals surface area contributed by atoms with Crippen LogP contribution in [0.25, 0.3) is 22.0 Å². The lowest BCUT2D eigenvalue weighted by molar-refractivity contribution is 0.380. The molecule has 1 fully saturated rings. The van der Waals surface area contributed by atoms with E-state index in [4.69, 9.17) is 9.72 Å². The van der Waals surface area contributed by atoms with Gasteiger partial charge in [0.25, 0.3) is 5.56 Å². The van der Waals surface area contributed by atoms with E-state index in [9.17, 15) is 4.79 Å². The lowest BCUT2D eigenvalue weighted by Gasteiger charge is -2.25. The molecule has 1 saturated heterocycles. The van der Waals surface area contributed by atoms with Gasteiger partial charge in [0, 0.05) is 29.8 Å². The minimum atomic E-state index is -0.192. The van der Waals surface area contributed by atoms with Gasteiger partial charge in [-0.15, -0.1) is 0 Å². The van der Waals surface area contributed by atoms with E-state index >= 15 is 0 Å². The summed E-state index contributed by atoms with van der Waals surface area (Å²) in [6.45, 7) is 4.27. The molecule has 0 unspecified atom stereocenters. The third kappa shape index (κ3) is 4.29. The Balaban J connectivity index is 1.54. The molecule has 33 heavy (non-hydrogen) atoms. The number of nitrogens with zero attached hydrogens (tertiary/aromatic N) is 3. The molecule has 5 rings (SSSR count). The number of benzene rings is 1. The fourth-order valence-electron chi connectivity index (χ4n) is 4.49. The van der Waals surface area contributed by atoms with E-state index in [-0.39, 0.29) is 5.56 Å². The molecule has 8 nitrogen and oxygen atoms in total. The van der Waals surface area contributed by atoms with Crippen molar-refractivity contribution in [3.05, 3.63) is 70.4 Å². The van der Waals surface area contributed by atoms with Crippen LogP contribution in [0, 0.1) is 6.92 Å². The Morgan fingerprint density at radius 3 is 2.61 bits per heavy atom. The van der Waals surface area contributed by atoms with Gasteiger partial charge < -0.3 is 20.4 Å². The molecule has 1 aliphatic rings. The van der Waals surface area contributed by atoms with E-state index in [1.807, 2.05) is 12.1 Å². The number of H-pyrrole nitrogens is 1. The molecule has 0 radical (unpaired) electrons. The van der Waals surface area contributed by atoms with E-state index < -0.39 is 0 Å². The predicted molar refractivity (Wildman–Crippen MR) is 129 cm³/mol. The van der Waals surface area contributed by atoms with Crippen LogP contribution in [-0.2, 0) is 0 Å². The number of ether oxygens (including phenoxy) is 1. The number of piperidine rings is 1. The Labute approximate surface area is 191 Å². The van der Waals surface area contributed by atoms with Crippen LogP contribution in [0.2, 0.25) is 0 Å². The molecular weight excluding hydrogens is 416 g/mol. The van der Waals surface area contributed by atoms with Crippen molar-refractivity contribution in [3.8, 4) is 17.3 Å². The van der Waals surface area contributed by atoms with Gasteiger partial charge in [-0.2, -0.15) is 0 Å². The Kier molecular flexibility index (Phi) is 5.75. The number of aromatic amines is 1. The summed E-state index contributed by atoms with van der Waals surface area (Å²) in [6.07, 6.45) is 7.27. The van der Waals surface area contributed by atoms with Crippen LogP contribution in [0.3, 0.4) is 0 Å². The largest absolute Gasteiger partial charge is 0.467 e. The van der Waals surface area contributed by atoms with Crippen molar-refractivity contribution in [2.75, 3.05) is 25.5 Å². The highest BCUT2D eigenvalue weighted by atomic mass is 16.5. The van der Waals surface area contributed by atoms with Gasteiger partial charge in [-0.3, -0.25) is 4.79 Å². The number of anilines is 2. The summed E-state index contributed by atoms with van der Waals surface area (Å²) in [4.78, 5) is 28.6. The van der Waals surface area contributed by atoms with E-state index in [0.717, 1.165) is 42.6 Å². The third-order valence-corrected chi connectivity index (χ3v) is 6.17. The molecule has 0 bridgehead atoms. The molecule has 0 atom stereocenters. The molecule has 8 heteroatoms. The Morgan fingerprint density at radius 1 is 1.09 bits per heavy atom. The number of rotatable bonds is 5. The highest BCUT2D eigenvalue weighted by Crippen LogP contribution is 2.32. The summed E-state index contributed by atoms with van der Waals surface area (Å²) in [6, 6.07) is 10.4. The predicted octanol–water partition coefficient (Wildman–Crippen LogP) is 3.91. The molecule has 3 N–H and O–H groups in total. The van der Waals surface area contributed by atoms with Gasteiger partial charge in [0.15, 0.2) is 0 Å². The van der Waals surface area contributed by atoms with Crippen LogP contribution in [0.5, 0.6) is 6.01 Å². The minimum Gasteiger partial charge on any atom is -0.467 e. The first-order valence-electron chi connectivity index (χ1n) is 11.1. The van der Waals surface area contributed by atoms with E-state index in [2.05, 4.69) is 50.7 Å². The molecule has 3 aromatic heterocycles. The standard InChI is InChI=1S/C25H26N6O2/c1-15-11-19(3-4-20(15)16-5-8-26-9-6-16)30-23-22-17(7-10-27-24(22)32)12-21(31-23)18-13-28-25(33-2)29-14-18/h3-4,7,10-14,16,26H,5-6,8-9H2,1-2H3,(H,27,32)(H,30,31). The third-order valence-electron chi connectivity index (χ3n) is 6.17. The van der Waals surface area contributed by atoms with Gasteiger partial charge in [0.1, 0.15) is 5.82 Å². The van der Waals surface area contributed by atoms with Crippen LogP contribution >= 0.6 is 0 Å². The second kappa shape index (κ2) is 8.99. The van der Waals surface area contributed by atoms with Gasteiger partial charge >= 0.3 is 6.01 Å². The number of hydrogen-bond acceptors (Lipinski definition) is 7. The monoisotopic (exact) mass is 442 g/mol. The molecule has 0 aliphatic carbocycles. The first kappa shape index (κ1) is 21.1. The SMILES string of the molecule is COc1ncc(-c2cc3cc[nH]c(=O)c3c(Nc3ccc(C4CCNCC4)c(C)c3)n2)cn1. The molecule has 1 aromatic carbocycles. The maximum atomic E-state index is 12.7. The average Bonchev–Trinajstić information content (AvgIpc) is 2.84. The summed E-state index contributed by atoms with van der Waals surface area (Å²) < 4.78 is 5.05. The van der Waals surface area contributed by atoms with E-state index in [1.165, 1.54) is 18.2 Å². The van der Waals surface area contributed by atoms with Crippen LogP contribution in [-0.4, -0.2) is 40.1 Å². The molecule has 4 aromatic rings. The fraction of sp³-hybridized carbons (Fsp3) is 0.280. The topological polar surface area (TPSA) is 105 Å². The first-order valence-corrected chi connectivity index (χ1v) is 11.1. The minimum absolute atomic E-state index is 0.192. The van der Waals surface area contributed by atoms with Gasteiger partial charge in [0.05, 0.1) is 18.2 Å². The average molecular weight is 443 g/mol. The number of pyridine rings is 2. The summed E-state index contributed by atoms with van der Waals surface area (Å²) in [5.74, 6) is 1.08. The second-order valence-electron chi connectivity index (χ2n) is 8.31. The van der Waals surface area contributed by atoms with Crippen molar-refractivity contribution in [1.29, 1.82) is 0 Å².